The number of rotatable bonds is 3. The van der Waals surface area contributed by atoms with Gasteiger partial charge in [0.1, 0.15) is 17.3 Å². The lowest BCUT2D eigenvalue weighted by atomic mass is 9.92. The summed E-state index contributed by atoms with van der Waals surface area (Å²) in [5.41, 5.74) is 1.62. The van der Waals surface area contributed by atoms with Crippen molar-refractivity contribution in [2.45, 2.75) is 44.8 Å². The highest BCUT2D eigenvalue weighted by molar-refractivity contribution is 5.65. The lowest BCUT2D eigenvalue weighted by molar-refractivity contribution is 0.0700. The Morgan fingerprint density at radius 2 is 2.04 bits per heavy atom. The zero-order valence-electron chi connectivity index (χ0n) is 14.0. The van der Waals surface area contributed by atoms with Gasteiger partial charge >= 0.3 is 0 Å². The summed E-state index contributed by atoms with van der Waals surface area (Å²) < 4.78 is 15.8. The molecular formula is C18H20FN5O. The van der Waals surface area contributed by atoms with Crippen molar-refractivity contribution in [1.82, 2.24) is 25.0 Å². The molecule has 2 heterocycles. The van der Waals surface area contributed by atoms with Crippen LogP contribution in [-0.4, -0.2) is 36.2 Å². The van der Waals surface area contributed by atoms with Crippen LogP contribution >= 0.6 is 0 Å². The first kappa shape index (κ1) is 16.0. The fourth-order valence-corrected chi connectivity index (χ4v) is 3.47. The summed E-state index contributed by atoms with van der Waals surface area (Å²) in [5.74, 6) is 0.939. The number of halogens is 1. The average molecular weight is 341 g/mol. The molecule has 1 fully saturated rings. The van der Waals surface area contributed by atoms with Crippen LogP contribution in [0.15, 0.2) is 30.3 Å². The molecule has 1 aromatic carbocycles. The van der Waals surface area contributed by atoms with Crippen LogP contribution in [0.25, 0.3) is 22.8 Å². The molecule has 7 heteroatoms. The van der Waals surface area contributed by atoms with Crippen molar-refractivity contribution in [2.75, 3.05) is 0 Å². The van der Waals surface area contributed by atoms with Crippen molar-refractivity contribution in [2.24, 2.45) is 0 Å². The predicted molar refractivity (Wildman–Crippen MR) is 91.2 cm³/mol. The van der Waals surface area contributed by atoms with Gasteiger partial charge in [-0.2, -0.15) is 10.2 Å². The van der Waals surface area contributed by atoms with Crippen LogP contribution in [0.4, 0.5) is 4.39 Å². The molecule has 0 aliphatic heterocycles. The molecule has 0 saturated heterocycles. The minimum Gasteiger partial charge on any atom is -0.391 e. The number of H-pyrrole nitrogens is 1. The van der Waals surface area contributed by atoms with Gasteiger partial charge in [-0.05, 0) is 38.0 Å². The molecule has 130 valence electrons. The van der Waals surface area contributed by atoms with Crippen LogP contribution in [0.2, 0.25) is 0 Å². The Morgan fingerprint density at radius 1 is 1.24 bits per heavy atom. The number of hydrogen-bond acceptors (Lipinski definition) is 4. The summed E-state index contributed by atoms with van der Waals surface area (Å²) in [6, 6.07) is 8.21. The van der Waals surface area contributed by atoms with Crippen molar-refractivity contribution in [3.05, 3.63) is 42.0 Å². The standard InChI is InChI=1S/C18H20FN5O/c1-11-20-18(24(23-11)16-8-4-5-9-17(16)25)15-10-14(21-22-15)12-6-2-3-7-13(12)19/h2-3,6-7,10,16-17,25H,4-5,8-9H2,1H3,(H,21,22)/t16-,17-/m1/s1. The van der Waals surface area contributed by atoms with E-state index in [1.54, 1.807) is 28.9 Å². The molecule has 0 radical (unpaired) electrons. The van der Waals surface area contributed by atoms with Crippen molar-refractivity contribution in [3.63, 3.8) is 0 Å². The molecule has 4 rings (SSSR count). The fourth-order valence-electron chi connectivity index (χ4n) is 3.47. The summed E-state index contributed by atoms with van der Waals surface area (Å²) in [6.45, 7) is 1.82. The van der Waals surface area contributed by atoms with E-state index in [-0.39, 0.29) is 11.9 Å². The summed E-state index contributed by atoms with van der Waals surface area (Å²) in [7, 11) is 0. The first-order valence-corrected chi connectivity index (χ1v) is 8.55. The van der Waals surface area contributed by atoms with E-state index in [4.69, 9.17) is 0 Å². The Kier molecular flexibility index (Phi) is 4.09. The van der Waals surface area contributed by atoms with Gasteiger partial charge in [-0.15, -0.1) is 0 Å². The maximum atomic E-state index is 14.0. The zero-order valence-corrected chi connectivity index (χ0v) is 14.0. The lowest BCUT2D eigenvalue weighted by Crippen LogP contribution is -2.29. The number of aromatic nitrogens is 5. The molecule has 0 amide bonds. The molecule has 2 aromatic heterocycles. The smallest absolute Gasteiger partial charge is 0.176 e. The molecule has 25 heavy (non-hydrogen) atoms. The van der Waals surface area contributed by atoms with Crippen LogP contribution in [-0.2, 0) is 0 Å². The maximum absolute atomic E-state index is 14.0. The molecule has 3 aromatic rings. The summed E-state index contributed by atoms with van der Waals surface area (Å²) in [5, 5.41) is 22.0. The van der Waals surface area contributed by atoms with Crippen LogP contribution in [0, 0.1) is 12.7 Å². The second-order valence-electron chi connectivity index (χ2n) is 6.49. The molecule has 2 N–H and O–H groups in total. The second kappa shape index (κ2) is 6.40. The minimum atomic E-state index is -0.428. The summed E-state index contributed by atoms with van der Waals surface area (Å²) in [4.78, 5) is 4.50. The highest BCUT2D eigenvalue weighted by Crippen LogP contribution is 2.32. The SMILES string of the molecule is Cc1nc(-c2cc(-c3ccccc3F)n[nH]2)n([C@@H]2CCCC[C@H]2O)n1. The Morgan fingerprint density at radius 3 is 2.84 bits per heavy atom. The van der Waals surface area contributed by atoms with Gasteiger partial charge in [0.15, 0.2) is 5.82 Å². The van der Waals surface area contributed by atoms with Gasteiger partial charge in [-0.1, -0.05) is 25.0 Å². The van der Waals surface area contributed by atoms with Crippen LogP contribution in [0.1, 0.15) is 37.5 Å². The Hall–Kier alpha value is -2.54. The van der Waals surface area contributed by atoms with E-state index in [2.05, 4.69) is 20.3 Å². The second-order valence-corrected chi connectivity index (χ2v) is 6.49. The minimum absolute atomic E-state index is 0.0924. The number of aryl methyl sites for hydroxylation is 1. The van der Waals surface area contributed by atoms with Gasteiger partial charge in [-0.3, -0.25) is 5.10 Å². The number of nitrogens with zero attached hydrogens (tertiary/aromatic N) is 4. The molecule has 2 atom stereocenters. The molecule has 1 saturated carbocycles. The summed E-state index contributed by atoms with van der Waals surface area (Å²) >= 11 is 0. The van der Waals surface area contributed by atoms with Crippen molar-refractivity contribution >= 4 is 0 Å². The van der Waals surface area contributed by atoms with E-state index in [0.29, 0.717) is 28.6 Å². The summed E-state index contributed by atoms with van der Waals surface area (Å²) in [6.07, 6.45) is 3.30. The zero-order chi connectivity index (χ0) is 17.4. The predicted octanol–water partition coefficient (Wildman–Crippen LogP) is 3.26. The molecule has 0 unspecified atom stereocenters. The molecular weight excluding hydrogens is 321 g/mol. The van der Waals surface area contributed by atoms with Gasteiger partial charge in [0, 0.05) is 5.56 Å². The lowest BCUT2D eigenvalue weighted by Gasteiger charge is -2.28. The third kappa shape index (κ3) is 2.95. The molecule has 1 aliphatic rings. The number of nitrogens with one attached hydrogen (secondary N) is 1. The van der Waals surface area contributed by atoms with Crippen LogP contribution < -0.4 is 0 Å². The number of benzene rings is 1. The highest BCUT2D eigenvalue weighted by Gasteiger charge is 2.29. The van der Waals surface area contributed by atoms with Gasteiger partial charge in [0.2, 0.25) is 0 Å². The maximum Gasteiger partial charge on any atom is 0.176 e. The largest absolute Gasteiger partial charge is 0.391 e. The number of aliphatic hydroxyl groups is 1. The van der Waals surface area contributed by atoms with Gasteiger partial charge in [0.25, 0.3) is 0 Å². The third-order valence-corrected chi connectivity index (χ3v) is 4.71. The monoisotopic (exact) mass is 341 g/mol. The number of aromatic amines is 1. The van der Waals surface area contributed by atoms with E-state index in [1.807, 2.05) is 6.92 Å². The topological polar surface area (TPSA) is 79.6 Å². The van der Waals surface area contributed by atoms with E-state index in [9.17, 15) is 9.50 Å². The number of hydrogen-bond donors (Lipinski definition) is 2. The molecule has 6 nitrogen and oxygen atoms in total. The molecule has 1 aliphatic carbocycles. The van der Waals surface area contributed by atoms with E-state index in [1.165, 1.54) is 6.07 Å². The highest BCUT2D eigenvalue weighted by atomic mass is 19.1. The van der Waals surface area contributed by atoms with Crippen LogP contribution in [0.5, 0.6) is 0 Å². The Balaban J connectivity index is 1.73. The van der Waals surface area contributed by atoms with Gasteiger partial charge in [0.05, 0.1) is 17.8 Å². The molecule has 0 spiro atoms. The average Bonchev–Trinajstić information content (AvgIpc) is 3.22. The van der Waals surface area contributed by atoms with Crippen molar-refractivity contribution in [3.8, 4) is 22.8 Å². The van der Waals surface area contributed by atoms with E-state index in [0.717, 1.165) is 25.7 Å². The van der Waals surface area contributed by atoms with Gasteiger partial charge in [-0.25, -0.2) is 14.1 Å². The fraction of sp³-hybridized carbons (Fsp3) is 0.389. The van der Waals surface area contributed by atoms with E-state index >= 15 is 0 Å². The molecule has 0 bridgehead atoms. The van der Waals surface area contributed by atoms with Crippen LogP contribution in [0.3, 0.4) is 0 Å². The quantitative estimate of drug-likeness (QED) is 0.766. The van der Waals surface area contributed by atoms with E-state index < -0.39 is 6.10 Å². The first-order chi connectivity index (χ1) is 12.1. The Bertz CT molecular complexity index is 887. The number of aliphatic hydroxyl groups excluding tert-OH is 1. The van der Waals surface area contributed by atoms with Crippen molar-refractivity contribution in [1.29, 1.82) is 0 Å². The Labute approximate surface area is 144 Å². The normalized spacial score (nSPS) is 20.8. The van der Waals surface area contributed by atoms with Crippen molar-refractivity contribution < 1.29 is 9.50 Å². The first-order valence-electron chi connectivity index (χ1n) is 8.55. The third-order valence-electron chi connectivity index (χ3n) is 4.71. The van der Waals surface area contributed by atoms with Gasteiger partial charge < -0.3 is 5.11 Å².